The van der Waals surface area contributed by atoms with E-state index in [0.29, 0.717) is 36.9 Å². The summed E-state index contributed by atoms with van der Waals surface area (Å²) in [5.41, 5.74) is 10.2. The van der Waals surface area contributed by atoms with E-state index in [1.807, 2.05) is 0 Å². The van der Waals surface area contributed by atoms with Gasteiger partial charge in [-0.25, -0.2) is 9.48 Å². The van der Waals surface area contributed by atoms with Crippen molar-refractivity contribution in [3.05, 3.63) is 47.8 Å². The van der Waals surface area contributed by atoms with E-state index in [1.165, 1.54) is 15.8 Å². The molecule has 0 bridgehead atoms. The average molecular weight is 615 g/mol. The van der Waals surface area contributed by atoms with Crippen LogP contribution in [0.5, 0.6) is 0 Å². The highest BCUT2D eigenvalue weighted by Gasteiger charge is 2.48. The van der Waals surface area contributed by atoms with Gasteiger partial charge in [-0.05, 0) is 32.3 Å². The van der Waals surface area contributed by atoms with Gasteiger partial charge in [0.05, 0.1) is 23.5 Å². The van der Waals surface area contributed by atoms with E-state index in [2.05, 4.69) is 15.6 Å². The van der Waals surface area contributed by atoms with Gasteiger partial charge in [0.2, 0.25) is 17.7 Å². The van der Waals surface area contributed by atoms with Gasteiger partial charge < -0.3 is 41.9 Å². The molecule has 240 valence electrons. The lowest BCUT2D eigenvalue weighted by molar-refractivity contribution is -0.143. The first kappa shape index (κ1) is 32.8. The largest absolute Gasteiger partial charge is 0.465 e. The van der Waals surface area contributed by atoms with E-state index in [-0.39, 0.29) is 26.1 Å². The van der Waals surface area contributed by atoms with Gasteiger partial charge >= 0.3 is 6.09 Å². The van der Waals surface area contributed by atoms with Crippen LogP contribution in [-0.2, 0) is 26.5 Å². The summed E-state index contributed by atoms with van der Waals surface area (Å²) in [5, 5.41) is 42.2. The molecule has 1 saturated carbocycles. The molecule has 1 aliphatic carbocycles. The Kier molecular flexibility index (Phi) is 9.91. The molecule has 15 nitrogen and oxygen atoms in total. The Hall–Kier alpha value is -4.08. The van der Waals surface area contributed by atoms with Crippen LogP contribution < -0.4 is 16.8 Å². The van der Waals surface area contributed by atoms with Crippen molar-refractivity contribution in [2.75, 3.05) is 13.1 Å². The Labute approximate surface area is 255 Å². The molecule has 15 heteroatoms. The molecule has 2 fully saturated rings. The minimum atomic E-state index is -1.63. The number of rotatable bonds is 11. The van der Waals surface area contributed by atoms with E-state index in [4.69, 9.17) is 11.5 Å². The number of nitrogens with two attached hydrogens (primary N) is 2. The summed E-state index contributed by atoms with van der Waals surface area (Å²) in [5.74, 6) is -2.24. The number of nitrogens with one attached hydrogen (secondary N) is 1. The minimum Gasteiger partial charge on any atom is -0.465 e. The molecule has 2 aromatic rings. The van der Waals surface area contributed by atoms with Gasteiger partial charge in [0.1, 0.15) is 17.7 Å². The van der Waals surface area contributed by atoms with E-state index < -0.39 is 59.2 Å². The van der Waals surface area contributed by atoms with Gasteiger partial charge in [-0.2, -0.15) is 0 Å². The van der Waals surface area contributed by atoms with Gasteiger partial charge in [0, 0.05) is 26.1 Å². The second-order valence-corrected chi connectivity index (χ2v) is 12.3. The van der Waals surface area contributed by atoms with Crippen molar-refractivity contribution in [1.82, 2.24) is 30.1 Å². The van der Waals surface area contributed by atoms with Crippen molar-refractivity contribution in [1.29, 1.82) is 0 Å². The zero-order valence-corrected chi connectivity index (χ0v) is 25.0. The van der Waals surface area contributed by atoms with Gasteiger partial charge in [-0.15, -0.1) is 5.10 Å². The molecule has 1 aliphatic heterocycles. The number of aromatic nitrogens is 3. The van der Waals surface area contributed by atoms with Crippen molar-refractivity contribution in [2.24, 2.45) is 11.5 Å². The summed E-state index contributed by atoms with van der Waals surface area (Å²) in [6, 6.07) is 5.86. The van der Waals surface area contributed by atoms with Crippen molar-refractivity contribution < 1.29 is 34.5 Å². The van der Waals surface area contributed by atoms with Crippen LogP contribution in [0.15, 0.2) is 36.5 Å². The fraction of sp³-hybridized carbons (Fsp3) is 0.586. The number of primary amides is 1. The molecular weight excluding hydrogens is 572 g/mol. The average Bonchev–Trinajstić information content (AvgIpc) is 3.65. The number of carbonyl (C=O) groups is 4. The molecule has 4 amide bonds. The third-order valence-electron chi connectivity index (χ3n) is 8.54. The molecule has 44 heavy (non-hydrogen) atoms. The summed E-state index contributed by atoms with van der Waals surface area (Å²) in [6.45, 7) is 2.76. The van der Waals surface area contributed by atoms with Gasteiger partial charge in [-0.3, -0.25) is 14.4 Å². The van der Waals surface area contributed by atoms with Crippen molar-refractivity contribution in [3.63, 3.8) is 0 Å². The molecule has 0 spiro atoms. The SMILES string of the molecule is CC(C)(O)c1cnnn1[C@H]1C[C@@H](C(=O)NC2(C(O)C(N)=O)CCCCC2)N(C(=O)[C@H](N)CN(Cc2ccccc2)C(=O)O)C1. The van der Waals surface area contributed by atoms with Crippen LogP contribution in [0.4, 0.5) is 4.79 Å². The molecule has 1 unspecified atom stereocenters. The number of hydrogen-bond donors (Lipinski definition) is 6. The van der Waals surface area contributed by atoms with Crippen LogP contribution >= 0.6 is 0 Å². The lowest BCUT2D eigenvalue weighted by Crippen LogP contribution is -2.64. The molecule has 1 aromatic heterocycles. The Morgan fingerprint density at radius 1 is 1.16 bits per heavy atom. The summed E-state index contributed by atoms with van der Waals surface area (Å²) < 4.78 is 1.46. The standard InChI is InChI=1S/C29H42N8O7/c1-28(2,44)22-14-32-34-37(22)19-13-21(25(40)33-29(23(38)24(31)39)11-7-4-8-12-29)36(16-19)26(41)20(30)17-35(27(42)43)15-18-9-5-3-6-10-18/h3,5-6,9-10,14,19-21,23,38,44H,4,7-8,11-13,15-17,30H2,1-2H3,(H2,31,39)(H,33,40)(H,42,43)/t19-,20+,21-,23?/m0/s1. The molecule has 8 N–H and O–H groups in total. The van der Waals surface area contributed by atoms with Gasteiger partial charge in [0.25, 0.3) is 0 Å². The third kappa shape index (κ3) is 7.17. The number of amides is 4. The zero-order chi connectivity index (χ0) is 32.2. The highest BCUT2D eigenvalue weighted by Crippen LogP contribution is 2.35. The Morgan fingerprint density at radius 2 is 1.82 bits per heavy atom. The normalized spacial score (nSPS) is 21.3. The van der Waals surface area contributed by atoms with Crippen LogP contribution in [0.2, 0.25) is 0 Å². The van der Waals surface area contributed by atoms with Crippen LogP contribution in [-0.4, -0.2) is 101 Å². The lowest BCUT2D eigenvalue weighted by Gasteiger charge is -2.41. The van der Waals surface area contributed by atoms with E-state index >= 15 is 0 Å². The first-order valence-electron chi connectivity index (χ1n) is 14.7. The molecule has 2 heterocycles. The van der Waals surface area contributed by atoms with Crippen LogP contribution in [0.25, 0.3) is 0 Å². The van der Waals surface area contributed by atoms with Crippen molar-refractivity contribution in [2.45, 2.75) is 94.3 Å². The number of aliphatic hydroxyl groups excluding tert-OH is 1. The molecule has 4 atom stereocenters. The number of aliphatic hydroxyl groups is 2. The maximum absolute atomic E-state index is 13.9. The first-order chi connectivity index (χ1) is 20.7. The van der Waals surface area contributed by atoms with E-state index in [0.717, 1.165) is 11.3 Å². The summed E-state index contributed by atoms with van der Waals surface area (Å²) in [6.07, 6.45) is 1.40. The zero-order valence-electron chi connectivity index (χ0n) is 25.0. The highest BCUT2D eigenvalue weighted by atomic mass is 16.4. The highest BCUT2D eigenvalue weighted by molar-refractivity contribution is 5.92. The van der Waals surface area contributed by atoms with Crippen LogP contribution in [0, 0.1) is 0 Å². The number of hydrogen-bond acceptors (Lipinski definition) is 9. The summed E-state index contributed by atoms with van der Waals surface area (Å²) in [7, 11) is 0. The topological polar surface area (TPSA) is 230 Å². The first-order valence-corrected chi connectivity index (χ1v) is 14.7. The third-order valence-corrected chi connectivity index (χ3v) is 8.54. The Balaban J connectivity index is 1.61. The number of nitrogens with zero attached hydrogens (tertiary/aromatic N) is 5. The smallest absolute Gasteiger partial charge is 0.407 e. The number of carbonyl (C=O) groups excluding carboxylic acids is 3. The van der Waals surface area contributed by atoms with Crippen molar-refractivity contribution in [3.8, 4) is 0 Å². The maximum atomic E-state index is 13.9. The fourth-order valence-corrected chi connectivity index (χ4v) is 6.23. The number of benzene rings is 1. The van der Waals surface area contributed by atoms with Crippen molar-refractivity contribution >= 4 is 23.8 Å². The second kappa shape index (κ2) is 13.3. The predicted molar refractivity (Wildman–Crippen MR) is 156 cm³/mol. The molecule has 1 saturated heterocycles. The summed E-state index contributed by atoms with van der Waals surface area (Å²) >= 11 is 0. The van der Waals surface area contributed by atoms with E-state index in [1.54, 1.807) is 44.2 Å². The fourth-order valence-electron chi connectivity index (χ4n) is 6.23. The Morgan fingerprint density at radius 3 is 2.41 bits per heavy atom. The number of likely N-dealkylation sites (tertiary alicyclic amines) is 1. The lowest BCUT2D eigenvalue weighted by atomic mass is 9.77. The van der Waals surface area contributed by atoms with Gasteiger partial charge in [-0.1, -0.05) is 54.8 Å². The van der Waals surface area contributed by atoms with Crippen LogP contribution in [0.1, 0.15) is 69.7 Å². The summed E-state index contributed by atoms with van der Waals surface area (Å²) in [4.78, 5) is 54.2. The number of carboxylic acid groups (broad SMARTS) is 1. The predicted octanol–water partition coefficient (Wildman–Crippen LogP) is -0.180. The minimum absolute atomic E-state index is 0.00508. The molecule has 0 radical (unpaired) electrons. The quantitative estimate of drug-likeness (QED) is 0.195. The van der Waals surface area contributed by atoms with E-state index in [9.17, 15) is 34.5 Å². The molecule has 1 aromatic carbocycles. The second-order valence-electron chi connectivity index (χ2n) is 12.3. The molecule has 2 aliphatic rings. The Bertz CT molecular complexity index is 1340. The van der Waals surface area contributed by atoms with Crippen LogP contribution in [0.3, 0.4) is 0 Å². The van der Waals surface area contributed by atoms with Gasteiger partial charge in [0.15, 0.2) is 6.10 Å². The molecular formula is C29H42N8O7. The molecule has 4 rings (SSSR count). The maximum Gasteiger partial charge on any atom is 0.407 e. The monoisotopic (exact) mass is 614 g/mol.